The third-order valence-electron chi connectivity index (χ3n) is 1.69. The third kappa shape index (κ3) is 4.41. The molecule has 0 aliphatic carbocycles. The molecule has 0 unspecified atom stereocenters. The fourth-order valence-electron chi connectivity index (χ4n) is 1.05. The monoisotopic (exact) mass is 259 g/mol. The second-order valence-corrected chi connectivity index (χ2v) is 4.98. The lowest BCUT2D eigenvalue weighted by Crippen LogP contribution is -2.28. The molecule has 1 amide bonds. The zero-order chi connectivity index (χ0) is 13.1. The van der Waals surface area contributed by atoms with Crippen LogP contribution in [0.2, 0.25) is 0 Å². The first-order chi connectivity index (χ1) is 7.79. The van der Waals surface area contributed by atoms with Crippen molar-refractivity contribution in [3.8, 4) is 0 Å². The fourth-order valence-corrected chi connectivity index (χ4v) is 1.49. The van der Waals surface area contributed by atoms with E-state index in [9.17, 15) is 13.2 Å². The van der Waals surface area contributed by atoms with Crippen molar-refractivity contribution in [1.82, 2.24) is 5.32 Å². The van der Waals surface area contributed by atoms with Crippen LogP contribution in [0.5, 0.6) is 0 Å². The molecule has 0 aromatic carbocycles. The molecule has 1 heterocycles. The lowest BCUT2D eigenvalue weighted by Gasteiger charge is -2.03. The number of hydrogen-bond donors (Lipinski definition) is 2. The average molecular weight is 259 g/mol. The number of nitrogens with one attached hydrogen (secondary N) is 1. The lowest BCUT2D eigenvalue weighted by molar-refractivity contribution is -0.116. The summed E-state index contributed by atoms with van der Waals surface area (Å²) in [5.74, 6) is -0.152. The van der Waals surface area contributed by atoms with Gasteiger partial charge in [-0.15, -0.1) is 0 Å². The Balaban J connectivity index is 2.73. The van der Waals surface area contributed by atoms with Crippen LogP contribution in [-0.2, 0) is 14.9 Å². The minimum Gasteiger partial charge on any atom is -0.443 e. The summed E-state index contributed by atoms with van der Waals surface area (Å²) in [6, 6.07) is 2.45. The van der Waals surface area contributed by atoms with Crippen molar-refractivity contribution in [1.29, 1.82) is 0 Å². The van der Waals surface area contributed by atoms with E-state index in [1.807, 2.05) is 13.8 Å². The summed E-state index contributed by atoms with van der Waals surface area (Å²) < 4.78 is 34.8. The van der Waals surface area contributed by atoms with Crippen LogP contribution in [-0.4, -0.2) is 24.9 Å². The molecule has 0 aliphatic heterocycles. The molecule has 0 spiro atoms. The molecular formula is C10H13NO5S. The summed E-state index contributed by atoms with van der Waals surface area (Å²) in [6.07, 6.45) is 2.53. The maximum atomic E-state index is 11.2. The third-order valence-corrected chi connectivity index (χ3v) is 2.41. The molecule has 0 saturated carbocycles. The molecule has 0 atom stereocenters. The van der Waals surface area contributed by atoms with Crippen LogP contribution in [0.4, 0.5) is 0 Å². The Morgan fingerprint density at radius 3 is 2.59 bits per heavy atom. The van der Waals surface area contributed by atoms with Gasteiger partial charge in [0.1, 0.15) is 5.76 Å². The second-order valence-electron chi connectivity index (χ2n) is 3.63. The SMILES string of the molecule is CC(C)NC(=O)C=Cc1ccc(S(=O)(=O)O)o1. The quantitative estimate of drug-likeness (QED) is 0.622. The van der Waals surface area contributed by atoms with Crippen LogP contribution >= 0.6 is 0 Å². The summed E-state index contributed by atoms with van der Waals surface area (Å²) >= 11 is 0. The minimum atomic E-state index is -4.34. The molecule has 0 radical (unpaired) electrons. The average Bonchev–Trinajstić information content (AvgIpc) is 2.61. The number of furan rings is 1. The molecule has 0 saturated heterocycles. The van der Waals surface area contributed by atoms with Crippen molar-refractivity contribution in [2.75, 3.05) is 0 Å². The van der Waals surface area contributed by atoms with E-state index in [4.69, 9.17) is 8.97 Å². The van der Waals surface area contributed by atoms with E-state index in [-0.39, 0.29) is 17.7 Å². The van der Waals surface area contributed by atoms with E-state index in [0.717, 1.165) is 6.07 Å². The lowest BCUT2D eigenvalue weighted by atomic mass is 10.3. The van der Waals surface area contributed by atoms with Crippen molar-refractivity contribution in [2.24, 2.45) is 0 Å². The molecule has 1 rings (SSSR count). The van der Waals surface area contributed by atoms with Gasteiger partial charge in [-0.2, -0.15) is 8.42 Å². The largest absolute Gasteiger partial charge is 0.443 e. The van der Waals surface area contributed by atoms with Gasteiger partial charge in [-0.25, -0.2) is 0 Å². The van der Waals surface area contributed by atoms with E-state index in [0.29, 0.717) is 0 Å². The Kier molecular flexibility index (Phi) is 4.08. The number of hydrogen-bond acceptors (Lipinski definition) is 4. The number of carbonyl (C=O) groups is 1. The summed E-state index contributed by atoms with van der Waals surface area (Å²) in [5.41, 5.74) is 0. The van der Waals surface area contributed by atoms with Gasteiger partial charge in [0.25, 0.3) is 0 Å². The first-order valence-corrected chi connectivity index (χ1v) is 6.29. The Morgan fingerprint density at radius 1 is 1.47 bits per heavy atom. The van der Waals surface area contributed by atoms with Crippen molar-refractivity contribution >= 4 is 22.1 Å². The van der Waals surface area contributed by atoms with Gasteiger partial charge in [-0.05, 0) is 32.1 Å². The van der Waals surface area contributed by atoms with Crippen LogP contribution in [0.25, 0.3) is 6.08 Å². The van der Waals surface area contributed by atoms with Gasteiger partial charge in [0.15, 0.2) is 0 Å². The molecule has 7 heteroatoms. The van der Waals surface area contributed by atoms with E-state index < -0.39 is 15.2 Å². The van der Waals surface area contributed by atoms with Crippen LogP contribution in [0.3, 0.4) is 0 Å². The molecule has 0 bridgehead atoms. The highest BCUT2D eigenvalue weighted by molar-refractivity contribution is 7.85. The fraction of sp³-hybridized carbons (Fsp3) is 0.300. The molecule has 0 aliphatic rings. The van der Waals surface area contributed by atoms with Gasteiger partial charge in [0.2, 0.25) is 11.0 Å². The Bertz CT molecular complexity index is 527. The van der Waals surface area contributed by atoms with E-state index in [1.165, 1.54) is 18.2 Å². The number of rotatable bonds is 4. The second kappa shape index (κ2) is 5.15. The van der Waals surface area contributed by atoms with Gasteiger partial charge in [0.05, 0.1) is 0 Å². The molecular weight excluding hydrogens is 246 g/mol. The van der Waals surface area contributed by atoms with Gasteiger partial charge >= 0.3 is 10.1 Å². The van der Waals surface area contributed by atoms with Crippen molar-refractivity contribution in [3.05, 3.63) is 24.0 Å². The summed E-state index contributed by atoms with van der Waals surface area (Å²) in [7, 11) is -4.34. The van der Waals surface area contributed by atoms with Crippen molar-refractivity contribution in [2.45, 2.75) is 25.0 Å². The van der Waals surface area contributed by atoms with Crippen LogP contribution in [0.1, 0.15) is 19.6 Å². The molecule has 6 nitrogen and oxygen atoms in total. The normalized spacial score (nSPS) is 12.2. The highest BCUT2D eigenvalue weighted by Gasteiger charge is 2.13. The van der Waals surface area contributed by atoms with Gasteiger partial charge in [-0.1, -0.05) is 0 Å². The zero-order valence-electron chi connectivity index (χ0n) is 9.38. The molecule has 1 aromatic heterocycles. The van der Waals surface area contributed by atoms with Gasteiger partial charge < -0.3 is 9.73 Å². The van der Waals surface area contributed by atoms with E-state index in [1.54, 1.807) is 0 Å². The maximum absolute atomic E-state index is 11.2. The molecule has 94 valence electrons. The van der Waals surface area contributed by atoms with Gasteiger partial charge in [-0.3, -0.25) is 9.35 Å². The summed E-state index contributed by atoms with van der Waals surface area (Å²) in [5, 5.41) is 2.06. The first kappa shape index (κ1) is 13.5. The predicted octanol–water partition coefficient (Wildman–Crippen LogP) is 1.06. The highest BCUT2D eigenvalue weighted by Crippen LogP contribution is 2.14. The smallest absolute Gasteiger partial charge is 0.328 e. The van der Waals surface area contributed by atoms with Crippen LogP contribution in [0.15, 0.2) is 27.7 Å². The van der Waals surface area contributed by atoms with Crippen molar-refractivity contribution in [3.63, 3.8) is 0 Å². The molecule has 0 fully saturated rings. The van der Waals surface area contributed by atoms with Crippen LogP contribution in [0, 0.1) is 0 Å². The molecule has 17 heavy (non-hydrogen) atoms. The maximum Gasteiger partial charge on any atom is 0.328 e. The molecule has 1 aromatic rings. The number of amides is 1. The van der Waals surface area contributed by atoms with Gasteiger partial charge in [0, 0.05) is 12.1 Å². The Morgan fingerprint density at radius 2 is 2.12 bits per heavy atom. The summed E-state index contributed by atoms with van der Waals surface area (Å²) in [6.45, 7) is 3.63. The molecule has 2 N–H and O–H groups in total. The zero-order valence-corrected chi connectivity index (χ0v) is 10.2. The Labute approximate surface area is 99.1 Å². The first-order valence-electron chi connectivity index (χ1n) is 4.85. The Hall–Kier alpha value is -1.60. The topological polar surface area (TPSA) is 96.6 Å². The van der Waals surface area contributed by atoms with Crippen LogP contribution < -0.4 is 5.32 Å². The van der Waals surface area contributed by atoms with Crippen molar-refractivity contribution < 1.29 is 22.2 Å². The standard InChI is InChI=1S/C10H13NO5S/c1-7(2)11-9(12)5-3-8-4-6-10(16-8)17(13,14)15/h3-7H,1-2H3,(H,11,12)(H,13,14,15). The minimum absolute atomic E-state index is 0.0112. The summed E-state index contributed by atoms with van der Waals surface area (Å²) in [4.78, 5) is 11.2. The number of carbonyl (C=O) groups excluding carboxylic acids is 1. The highest BCUT2D eigenvalue weighted by atomic mass is 32.2. The van der Waals surface area contributed by atoms with E-state index in [2.05, 4.69) is 5.32 Å². The predicted molar refractivity (Wildman–Crippen MR) is 60.8 cm³/mol. The van der Waals surface area contributed by atoms with E-state index >= 15 is 0 Å².